The zero-order valence-corrected chi connectivity index (χ0v) is 21.1. The highest BCUT2D eigenvalue weighted by molar-refractivity contribution is 6.11. The maximum atomic E-state index is 13.2. The molecule has 0 aromatic heterocycles. The molecule has 1 atom stereocenters. The standard InChI is InChI=1S/C29H32N4O4/c1-19(2)13-26-28(35)32-24-15-23(27(34)31-17-22-10-6-9-21(14-22)16-30)11-12-25(24)33(26)29(36)37-18-20-7-4-3-5-8-20/h3-12,14-15,19,26H,13,16-18,30H2,1-2H3,(H,31,34)(H,32,35). The van der Waals surface area contributed by atoms with Crippen molar-refractivity contribution in [2.75, 3.05) is 10.2 Å². The number of nitrogens with one attached hydrogen (secondary N) is 2. The minimum absolute atomic E-state index is 0.0906. The van der Waals surface area contributed by atoms with Gasteiger partial charge in [-0.05, 0) is 47.2 Å². The van der Waals surface area contributed by atoms with Crippen LogP contribution in [-0.4, -0.2) is 23.9 Å². The zero-order chi connectivity index (χ0) is 26.4. The van der Waals surface area contributed by atoms with Crippen LogP contribution in [0, 0.1) is 5.92 Å². The number of carbonyl (C=O) groups is 3. The van der Waals surface area contributed by atoms with Crippen molar-refractivity contribution in [3.05, 3.63) is 95.1 Å². The van der Waals surface area contributed by atoms with Crippen molar-refractivity contribution in [3.8, 4) is 0 Å². The predicted molar refractivity (Wildman–Crippen MR) is 143 cm³/mol. The largest absolute Gasteiger partial charge is 0.444 e. The summed E-state index contributed by atoms with van der Waals surface area (Å²) in [4.78, 5) is 40.6. The van der Waals surface area contributed by atoms with E-state index in [0.29, 0.717) is 36.4 Å². The van der Waals surface area contributed by atoms with E-state index in [2.05, 4.69) is 10.6 Å². The summed E-state index contributed by atoms with van der Waals surface area (Å²) in [5, 5.41) is 5.77. The highest BCUT2D eigenvalue weighted by Gasteiger charge is 2.38. The first kappa shape index (κ1) is 25.9. The van der Waals surface area contributed by atoms with Crippen molar-refractivity contribution in [2.24, 2.45) is 11.7 Å². The molecule has 1 unspecified atom stereocenters. The molecule has 0 saturated heterocycles. The number of nitrogens with zero attached hydrogens (tertiary/aromatic N) is 1. The average molecular weight is 501 g/mol. The van der Waals surface area contributed by atoms with Crippen LogP contribution in [0.1, 0.15) is 47.3 Å². The number of rotatable bonds is 8. The molecular weight excluding hydrogens is 468 g/mol. The van der Waals surface area contributed by atoms with Crippen LogP contribution in [0.3, 0.4) is 0 Å². The van der Waals surface area contributed by atoms with Gasteiger partial charge in [0.1, 0.15) is 12.6 Å². The summed E-state index contributed by atoms with van der Waals surface area (Å²) in [6, 6.07) is 21.2. The lowest BCUT2D eigenvalue weighted by molar-refractivity contribution is -0.118. The monoisotopic (exact) mass is 500 g/mol. The fourth-order valence-corrected chi connectivity index (χ4v) is 4.31. The SMILES string of the molecule is CC(C)CC1C(=O)Nc2cc(C(=O)NCc3cccc(CN)c3)ccc2N1C(=O)OCc1ccccc1. The first-order valence-corrected chi connectivity index (χ1v) is 12.4. The van der Waals surface area contributed by atoms with Gasteiger partial charge in [0.25, 0.3) is 5.91 Å². The van der Waals surface area contributed by atoms with E-state index in [4.69, 9.17) is 10.5 Å². The number of ether oxygens (including phenoxy) is 1. The Bertz CT molecular complexity index is 1280. The summed E-state index contributed by atoms with van der Waals surface area (Å²) in [7, 11) is 0. The first-order chi connectivity index (χ1) is 17.9. The molecule has 3 aromatic carbocycles. The van der Waals surface area contributed by atoms with E-state index in [1.165, 1.54) is 4.90 Å². The molecule has 0 spiro atoms. The van der Waals surface area contributed by atoms with Crippen LogP contribution in [0.5, 0.6) is 0 Å². The van der Waals surface area contributed by atoms with Crippen LogP contribution in [0.25, 0.3) is 0 Å². The molecule has 4 rings (SSSR count). The third kappa shape index (κ3) is 6.34. The Labute approximate surface area is 216 Å². The Morgan fingerprint density at radius 2 is 1.73 bits per heavy atom. The van der Waals surface area contributed by atoms with E-state index < -0.39 is 12.1 Å². The Morgan fingerprint density at radius 1 is 1.00 bits per heavy atom. The Kier molecular flexibility index (Phi) is 8.20. The summed E-state index contributed by atoms with van der Waals surface area (Å²) in [5.41, 5.74) is 9.72. The van der Waals surface area contributed by atoms with Crippen LogP contribution >= 0.6 is 0 Å². The molecule has 8 nitrogen and oxygen atoms in total. The molecule has 0 aliphatic carbocycles. The van der Waals surface area contributed by atoms with Crippen LogP contribution in [0.15, 0.2) is 72.8 Å². The molecule has 37 heavy (non-hydrogen) atoms. The number of nitrogens with two attached hydrogens (primary N) is 1. The van der Waals surface area contributed by atoms with Crippen LogP contribution in [-0.2, 0) is 29.2 Å². The van der Waals surface area contributed by atoms with Gasteiger partial charge in [-0.1, -0.05) is 68.4 Å². The lowest BCUT2D eigenvalue weighted by Crippen LogP contribution is -2.51. The number of benzene rings is 3. The topological polar surface area (TPSA) is 114 Å². The van der Waals surface area contributed by atoms with E-state index >= 15 is 0 Å². The van der Waals surface area contributed by atoms with Crippen LogP contribution in [0.4, 0.5) is 16.2 Å². The molecule has 1 aliphatic rings. The molecule has 4 N–H and O–H groups in total. The van der Waals surface area contributed by atoms with Crippen molar-refractivity contribution >= 4 is 29.3 Å². The molecule has 192 valence electrons. The highest BCUT2D eigenvalue weighted by atomic mass is 16.6. The molecule has 0 fully saturated rings. The van der Waals surface area contributed by atoms with Gasteiger partial charge in [0.15, 0.2) is 0 Å². The molecule has 1 heterocycles. The summed E-state index contributed by atoms with van der Waals surface area (Å²) in [6.45, 7) is 4.84. The summed E-state index contributed by atoms with van der Waals surface area (Å²) in [6.07, 6.45) is -0.141. The van der Waals surface area contributed by atoms with Gasteiger partial charge < -0.3 is 21.1 Å². The van der Waals surface area contributed by atoms with Gasteiger partial charge in [0.05, 0.1) is 11.4 Å². The summed E-state index contributed by atoms with van der Waals surface area (Å²) in [5.74, 6) is -0.434. The second-order valence-electron chi connectivity index (χ2n) is 9.48. The highest BCUT2D eigenvalue weighted by Crippen LogP contribution is 2.35. The predicted octanol–water partition coefficient (Wildman–Crippen LogP) is 4.59. The van der Waals surface area contributed by atoms with Gasteiger partial charge >= 0.3 is 6.09 Å². The van der Waals surface area contributed by atoms with Gasteiger partial charge in [-0.2, -0.15) is 0 Å². The molecule has 1 aliphatic heterocycles. The maximum absolute atomic E-state index is 13.2. The Balaban J connectivity index is 1.54. The van der Waals surface area contributed by atoms with Crippen molar-refractivity contribution < 1.29 is 19.1 Å². The maximum Gasteiger partial charge on any atom is 0.415 e. The Morgan fingerprint density at radius 3 is 2.46 bits per heavy atom. The van der Waals surface area contributed by atoms with E-state index in [9.17, 15) is 14.4 Å². The summed E-state index contributed by atoms with van der Waals surface area (Å²) >= 11 is 0. The van der Waals surface area contributed by atoms with Gasteiger partial charge in [0, 0.05) is 18.7 Å². The normalized spacial score (nSPS) is 14.6. The smallest absolute Gasteiger partial charge is 0.415 e. The van der Waals surface area contributed by atoms with E-state index in [0.717, 1.165) is 16.7 Å². The van der Waals surface area contributed by atoms with Gasteiger partial charge in [-0.25, -0.2) is 4.79 Å². The van der Waals surface area contributed by atoms with Crippen LogP contribution in [0.2, 0.25) is 0 Å². The third-order valence-electron chi connectivity index (χ3n) is 6.17. The number of hydrogen-bond acceptors (Lipinski definition) is 5. The molecule has 0 bridgehead atoms. The molecule has 0 radical (unpaired) electrons. The molecule has 8 heteroatoms. The van der Waals surface area contributed by atoms with Crippen molar-refractivity contribution in [2.45, 2.75) is 46.0 Å². The van der Waals surface area contributed by atoms with E-state index in [1.54, 1.807) is 18.2 Å². The number of anilines is 2. The van der Waals surface area contributed by atoms with E-state index in [-0.39, 0.29) is 24.3 Å². The fourth-order valence-electron chi connectivity index (χ4n) is 4.31. The zero-order valence-electron chi connectivity index (χ0n) is 21.1. The number of hydrogen-bond donors (Lipinski definition) is 3. The lowest BCUT2D eigenvalue weighted by Gasteiger charge is -2.36. The second-order valence-corrected chi connectivity index (χ2v) is 9.48. The minimum atomic E-state index is -0.717. The van der Waals surface area contributed by atoms with Gasteiger partial charge in [-0.15, -0.1) is 0 Å². The van der Waals surface area contributed by atoms with Gasteiger partial charge in [-0.3, -0.25) is 14.5 Å². The lowest BCUT2D eigenvalue weighted by atomic mass is 9.98. The molecule has 3 amide bonds. The second kappa shape index (κ2) is 11.7. The Hall–Kier alpha value is -4.17. The third-order valence-corrected chi connectivity index (χ3v) is 6.17. The first-order valence-electron chi connectivity index (χ1n) is 12.4. The molecular formula is C29H32N4O4. The van der Waals surface area contributed by atoms with Crippen molar-refractivity contribution in [3.63, 3.8) is 0 Å². The molecule has 0 saturated carbocycles. The summed E-state index contributed by atoms with van der Waals surface area (Å²) < 4.78 is 5.59. The number of amides is 3. The molecule has 3 aromatic rings. The average Bonchev–Trinajstić information content (AvgIpc) is 2.91. The quantitative estimate of drug-likeness (QED) is 0.419. The number of fused-ring (bicyclic) bond motifs is 1. The minimum Gasteiger partial charge on any atom is -0.444 e. The number of carbonyl (C=O) groups excluding carboxylic acids is 3. The van der Waals surface area contributed by atoms with Gasteiger partial charge in [0.2, 0.25) is 5.91 Å². The van der Waals surface area contributed by atoms with E-state index in [1.807, 2.05) is 68.4 Å². The fraction of sp³-hybridized carbons (Fsp3) is 0.276. The van der Waals surface area contributed by atoms with Crippen molar-refractivity contribution in [1.82, 2.24) is 5.32 Å². The van der Waals surface area contributed by atoms with Crippen LogP contribution < -0.4 is 21.3 Å². The van der Waals surface area contributed by atoms with Crippen molar-refractivity contribution in [1.29, 1.82) is 0 Å².